The molecule has 0 aliphatic carbocycles. The van der Waals surface area contributed by atoms with Crippen molar-refractivity contribution in [3.63, 3.8) is 0 Å². The summed E-state index contributed by atoms with van der Waals surface area (Å²) in [5.41, 5.74) is 3.87. The molecule has 0 radical (unpaired) electrons. The summed E-state index contributed by atoms with van der Waals surface area (Å²) in [4.78, 5) is 26.5. The topological polar surface area (TPSA) is 61.4 Å². The molecule has 5 nitrogen and oxygen atoms in total. The van der Waals surface area contributed by atoms with Crippen LogP contribution in [0, 0.1) is 26.6 Å². The van der Waals surface area contributed by atoms with E-state index in [1.807, 2.05) is 32.0 Å². The average molecular weight is 355 g/mol. The van der Waals surface area contributed by atoms with Gasteiger partial charge in [0.25, 0.3) is 0 Å². The third-order valence-electron chi connectivity index (χ3n) is 4.83. The first-order chi connectivity index (χ1) is 12.4. The van der Waals surface area contributed by atoms with Crippen molar-refractivity contribution >= 4 is 23.3 Å². The van der Waals surface area contributed by atoms with Gasteiger partial charge in [-0.25, -0.2) is 9.18 Å². The van der Waals surface area contributed by atoms with Gasteiger partial charge in [-0.1, -0.05) is 12.1 Å². The van der Waals surface area contributed by atoms with Gasteiger partial charge in [-0.15, -0.1) is 0 Å². The van der Waals surface area contributed by atoms with Crippen LogP contribution in [0.4, 0.5) is 20.6 Å². The number of nitrogens with zero attached hydrogens (tertiary/aromatic N) is 1. The van der Waals surface area contributed by atoms with Crippen molar-refractivity contribution in [2.75, 3.05) is 16.8 Å². The van der Waals surface area contributed by atoms with Crippen molar-refractivity contribution in [1.82, 2.24) is 5.32 Å². The fourth-order valence-electron chi connectivity index (χ4n) is 3.02. The van der Waals surface area contributed by atoms with Gasteiger partial charge in [0.05, 0.1) is 0 Å². The van der Waals surface area contributed by atoms with Gasteiger partial charge < -0.3 is 15.5 Å². The number of hydrogen-bond donors (Lipinski definition) is 2. The molecule has 3 amide bonds. The molecule has 1 aliphatic rings. The number of hydrogen-bond acceptors (Lipinski definition) is 2. The second-order valence-corrected chi connectivity index (χ2v) is 6.61. The predicted molar refractivity (Wildman–Crippen MR) is 100.0 cm³/mol. The SMILES string of the molecule is Cc1ccc(N2CC[C@@H](NC(=O)Nc3cccc(F)c3C)C2=O)cc1C. The van der Waals surface area contributed by atoms with Crippen LogP contribution < -0.4 is 15.5 Å². The third-order valence-corrected chi connectivity index (χ3v) is 4.83. The van der Waals surface area contributed by atoms with E-state index in [0.717, 1.165) is 11.3 Å². The van der Waals surface area contributed by atoms with Crippen molar-refractivity contribution in [3.8, 4) is 0 Å². The Kier molecular flexibility index (Phi) is 4.93. The summed E-state index contributed by atoms with van der Waals surface area (Å²) in [5.74, 6) is -0.528. The van der Waals surface area contributed by atoms with Gasteiger partial charge in [0.1, 0.15) is 11.9 Å². The molecule has 26 heavy (non-hydrogen) atoms. The fraction of sp³-hybridized carbons (Fsp3) is 0.300. The van der Waals surface area contributed by atoms with Crippen molar-refractivity contribution < 1.29 is 14.0 Å². The zero-order valence-electron chi connectivity index (χ0n) is 15.1. The monoisotopic (exact) mass is 355 g/mol. The molecule has 1 fully saturated rings. The van der Waals surface area contributed by atoms with Crippen LogP contribution in [0.25, 0.3) is 0 Å². The number of halogens is 1. The summed E-state index contributed by atoms with van der Waals surface area (Å²) < 4.78 is 13.6. The van der Waals surface area contributed by atoms with Crippen molar-refractivity contribution in [1.29, 1.82) is 0 Å². The molecule has 2 aromatic carbocycles. The van der Waals surface area contributed by atoms with Crippen LogP contribution in [0.3, 0.4) is 0 Å². The molecular weight excluding hydrogens is 333 g/mol. The minimum absolute atomic E-state index is 0.139. The highest BCUT2D eigenvalue weighted by molar-refractivity contribution is 6.02. The van der Waals surface area contributed by atoms with Gasteiger partial charge >= 0.3 is 6.03 Å². The quantitative estimate of drug-likeness (QED) is 0.882. The van der Waals surface area contributed by atoms with Gasteiger partial charge in [-0.2, -0.15) is 0 Å². The predicted octanol–water partition coefficient (Wildman–Crippen LogP) is 3.68. The van der Waals surface area contributed by atoms with Crippen molar-refractivity contribution in [3.05, 3.63) is 58.9 Å². The summed E-state index contributed by atoms with van der Waals surface area (Å²) in [6.45, 7) is 6.16. The highest BCUT2D eigenvalue weighted by Gasteiger charge is 2.33. The Balaban J connectivity index is 1.66. The lowest BCUT2D eigenvalue weighted by atomic mass is 10.1. The number of carbonyl (C=O) groups excluding carboxylic acids is 2. The van der Waals surface area contributed by atoms with E-state index in [9.17, 15) is 14.0 Å². The molecular formula is C20H22FN3O2. The van der Waals surface area contributed by atoms with E-state index in [2.05, 4.69) is 10.6 Å². The standard InChI is InChI=1S/C20H22FN3O2/c1-12-7-8-15(11-13(12)2)24-10-9-18(19(24)25)23-20(26)22-17-6-4-5-16(21)14(17)3/h4-8,11,18H,9-10H2,1-3H3,(H2,22,23,26)/t18-/m1/s1. The maximum Gasteiger partial charge on any atom is 0.319 e. The van der Waals surface area contributed by atoms with E-state index in [1.165, 1.54) is 17.7 Å². The third kappa shape index (κ3) is 3.54. The van der Waals surface area contributed by atoms with Crippen LogP contribution >= 0.6 is 0 Å². The number of nitrogens with one attached hydrogen (secondary N) is 2. The Morgan fingerprint density at radius 2 is 1.92 bits per heavy atom. The Hall–Kier alpha value is -2.89. The van der Waals surface area contributed by atoms with Crippen molar-refractivity contribution in [2.24, 2.45) is 0 Å². The smallest absolute Gasteiger partial charge is 0.319 e. The number of anilines is 2. The van der Waals surface area contributed by atoms with Gasteiger partial charge in [0, 0.05) is 23.5 Å². The van der Waals surface area contributed by atoms with E-state index in [1.54, 1.807) is 17.9 Å². The largest absolute Gasteiger partial charge is 0.326 e. The zero-order valence-corrected chi connectivity index (χ0v) is 15.1. The van der Waals surface area contributed by atoms with Crippen molar-refractivity contribution in [2.45, 2.75) is 33.2 Å². The van der Waals surface area contributed by atoms with Crippen LogP contribution in [0.2, 0.25) is 0 Å². The molecule has 1 atom stereocenters. The van der Waals surface area contributed by atoms with E-state index >= 15 is 0 Å². The maximum atomic E-state index is 13.6. The Morgan fingerprint density at radius 1 is 1.15 bits per heavy atom. The molecule has 0 bridgehead atoms. The molecule has 1 aliphatic heterocycles. The molecule has 1 saturated heterocycles. The summed E-state index contributed by atoms with van der Waals surface area (Å²) in [6, 6.07) is 9.25. The summed E-state index contributed by atoms with van der Waals surface area (Å²) in [6.07, 6.45) is 0.529. The van der Waals surface area contributed by atoms with E-state index < -0.39 is 12.1 Å². The Morgan fingerprint density at radius 3 is 2.65 bits per heavy atom. The minimum atomic E-state index is -0.592. The molecule has 6 heteroatoms. The number of rotatable bonds is 3. The number of aryl methyl sites for hydroxylation is 2. The number of benzene rings is 2. The highest BCUT2D eigenvalue weighted by Crippen LogP contribution is 2.24. The fourth-order valence-corrected chi connectivity index (χ4v) is 3.02. The van der Waals surface area contributed by atoms with Gasteiger partial charge in [-0.05, 0) is 62.6 Å². The average Bonchev–Trinajstić information content (AvgIpc) is 2.95. The second-order valence-electron chi connectivity index (χ2n) is 6.61. The molecule has 2 aromatic rings. The number of carbonyl (C=O) groups is 2. The first-order valence-corrected chi connectivity index (χ1v) is 8.58. The van der Waals surface area contributed by atoms with Crippen LogP contribution in [-0.4, -0.2) is 24.5 Å². The molecule has 2 N–H and O–H groups in total. The lowest BCUT2D eigenvalue weighted by molar-refractivity contribution is -0.118. The first-order valence-electron chi connectivity index (χ1n) is 8.58. The van der Waals surface area contributed by atoms with Crippen LogP contribution in [-0.2, 0) is 4.79 Å². The molecule has 0 unspecified atom stereocenters. The molecule has 1 heterocycles. The van der Waals surface area contributed by atoms with E-state index in [4.69, 9.17) is 0 Å². The zero-order chi connectivity index (χ0) is 18.8. The molecule has 0 aromatic heterocycles. The summed E-state index contributed by atoms with van der Waals surface area (Å²) in [7, 11) is 0. The van der Waals surface area contributed by atoms with E-state index in [0.29, 0.717) is 24.2 Å². The lowest BCUT2D eigenvalue weighted by Gasteiger charge is -2.18. The van der Waals surface area contributed by atoms with Crippen LogP contribution in [0.15, 0.2) is 36.4 Å². The van der Waals surface area contributed by atoms with Gasteiger partial charge in [-0.3, -0.25) is 4.79 Å². The molecule has 0 saturated carbocycles. The highest BCUT2D eigenvalue weighted by atomic mass is 19.1. The summed E-state index contributed by atoms with van der Waals surface area (Å²) in [5, 5.41) is 5.29. The van der Waals surface area contributed by atoms with Crippen LogP contribution in [0.5, 0.6) is 0 Å². The normalized spacial score (nSPS) is 16.7. The maximum absolute atomic E-state index is 13.6. The Bertz CT molecular complexity index is 866. The molecule has 136 valence electrons. The van der Waals surface area contributed by atoms with E-state index in [-0.39, 0.29) is 11.7 Å². The molecule has 0 spiro atoms. The Labute approximate surface area is 152 Å². The van der Waals surface area contributed by atoms with Gasteiger partial charge in [0.2, 0.25) is 5.91 Å². The summed E-state index contributed by atoms with van der Waals surface area (Å²) >= 11 is 0. The van der Waals surface area contributed by atoms with Crippen LogP contribution in [0.1, 0.15) is 23.1 Å². The number of amides is 3. The minimum Gasteiger partial charge on any atom is -0.326 e. The molecule has 3 rings (SSSR count). The first kappa shape index (κ1) is 17.9. The number of urea groups is 1. The van der Waals surface area contributed by atoms with Gasteiger partial charge in [0.15, 0.2) is 0 Å². The lowest BCUT2D eigenvalue weighted by Crippen LogP contribution is -2.43. The second kappa shape index (κ2) is 7.15.